The zero-order chi connectivity index (χ0) is 9.97. The van der Waals surface area contributed by atoms with Gasteiger partial charge in [0.15, 0.2) is 0 Å². The molecule has 0 aliphatic heterocycles. The van der Waals surface area contributed by atoms with E-state index in [4.69, 9.17) is 0 Å². The van der Waals surface area contributed by atoms with Crippen LogP contribution in [0.25, 0.3) is 10.8 Å². The van der Waals surface area contributed by atoms with Crippen LogP contribution in [0.15, 0.2) is 29.6 Å². The van der Waals surface area contributed by atoms with Crippen molar-refractivity contribution in [2.45, 2.75) is 13.0 Å². The van der Waals surface area contributed by atoms with Gasteiger partial charge in [-0.25, -0.2) is 0 Å². The van der Waals surface area contributed by atoms with Crippen LogP contribution in [-0.2, 0) is 4.79 Å². The Morgan fingerprint density at radius 3 is 3.00 bits per heavy atom. The first kappa shape index (κ1) is 9.21. The molecule has 1 aromatic carbocycles. The molecule has 3 heteroatoms. The van der Waals surface area contributed by atoms with E-state index in [0.29, 0.717) is 0 Å². The molecule has 0 saturated carbocycles. The van der Waals surface area contributed by atoms with Crippen molar-refractivity contribution < 1.29 is 4.79 Å². The molecule has 1 N–H and O–H groups in total. The number of hydrogen-bond acceptors (Lipinski definition) is 2. The Morgan fingerprint density at radius 1 is 1.43 bits per heavy atom. The predicted molar refractivity (Wildman–Crippen MR) is 59.1 cm³/mol. The van der Waals surface area contributed by atoms with E-state index in [1.54, 1.807) is 17.7 Å². The summed E-state index contributed by atoms with van der Waals surface area (Å²) in [4.78, 5) is 11.4. The van der Waals surface area contributed by atoms with Crippen LogP contribution in [0.4, 0.5) is 0 Å². The van der Waals surface area contributed by atoms with E-state index >= 15 is 0 Å². The van der Waals surface area contributed by atoms with Gasteiger partial charge in [0, 0.05) is 4.88 Å². The molecule has 1 radical (unpaired) electrons. The van der Waals surface area contributed by atoms with Gasteiger partial charge in [0.2, 0.25) is 0 Å². The quantitative estimate of drug-likeness (QED) is 0.765. The lowest BCUT2D eigenvalue weighted by Gasteiger charge is -2.07. The molecule has 1 unspecified atom stereocenters. The second-order valence-electron chi connectivity index (χ2n) is 3.16. The third kappa shape index (κ3) is 1.51. The molecular weight excluding hydrogens is 194 g/mol. The van der Waals surface area contributed by atoms with Crippen molar-refractivity contribution in [2.75, 3.05) is 0 Å². The number of fused-ring (bicyclic) bond motifs is 1. The van der Waals surface area contributed by atoms with Gasteiger partial charge in [-0.2, -0.15) is 0 Å². The maximum atomic E-state index is 10.2. The van der Waals surface area contributed by atoms with Crippen LogP contribution in [0.3, 0.4) is 0 Å². The summed E-state index contributed by atoms with van der Waals surface area (Å²) in [6, 6.07) is 8.22. The van der Waals surface area contributed by atoms with Crippen LogP contribution < -0.4 is 5.32 Å². The normalized spacial score (nSPS) is 12.6. The molecule has 2 nitrogen and oxygen atoms in total. The molecular formula is C11H10NOS. The van der Waals surface area contributed by atoms with Gasteiger partial charge < -0.3 is 5.32 Å². The fourth-order valence-corrected chi connectivity index (χ4v) is 2.54. The van der Waals surface area contributed by atoms with Crippen molar-refractivity contribution in [1.82, 2.24) is 5.32 Å². The summed E-state index contributed by atoms with van der Waals surface area (Å²) in [5.74, 6) is 0. The van der Waals surface area contributed by atoms with Gasteiger partial charge in [0.1, 0.15) is 0 Å². The molecule has 0 bridgehead atoms. The summed E-state index contributed by atoms with van der Waals surface area (Å²) in [5, 5.41) is 7.19. The smallest absolute Gasteiger partial charge is 0.309 e. The number of carbonyl (C=O) groups excluding carboxylic acids is 1. The lowest BCUT2D eigenvalue weighted by molar-refractivity contribution is 0.531. The number of hydrogen-bond donors (Lipinski definition) is 1. The highest BCUT2D eigenvalue weighted by atomic mass is 32.1. The van der Waals surface area contributed by atoms with Gasteiger partial charge in [0.05, 0.1) is 6.04 Å². The molecule has 1 atom stereocenters. The topological polar surface area (TPSA) is 29.1 Å². The van der Waals surface area contributed by atoms with Gasteiger partial charge in [-0.3, -0.25) is 4.79 Å². The molecule has 2 aromatic rings. The monoisotopic (exact) mass is 204 g/mol. The predicted octanol–water partition coefficient (Wildman–Crippen LogP) is 2.62. The van der Waals surface area contributed by atoms with Crippen molar-refractivity contribution in [3.63, 3.8) is 0 Å². The third-order valence-corrected chi connectivity index (χ3v) is 3.41. The van der Waals surface area contributed by atoms with E-state index in [-0.39, 0.29) is 6.04 Å². The van der Waals surface area contributed by atoms with Crippen LogP contribution in [0.2, 0.25) is 0 Å². The average molecular weight is 204 g/mol. The molecule has 0 spiro atoms. The maximum Gasteiger partial charge on any atom is 0.309 e. The first-order valence-electron chi connectivity index (χ1n) is 4.41. The maximum absolute atomic E-state index is 10.2. The fourth-order valence-electron chi connectivity index (χ4n) is 1.50. The summed E-state index contributed by atoms with van der Waals surface area (Å²) < 4.78 is 0. The molecule has 0 aliphatic carbocycles. The van der Waals surface area contributed by atoms with Gasteiger partial charge >= 0.3 is 6.41 Å². The summed E-state index contributed by atoms with van der Waals surface area (Å²) in [5.41, 5.74) is 0. The summed E-state index contributed by atoms with van der Waals surface area (Å²) in [6.07, 6.45) is 1.73. The van der Waals surface area contributed by atoms with Crippen LogP contribution in [0.1, 0.15) is 17.8 Å². The van der Waals surface area contributed by atoms with Gasteiger partial charge in [0.25, 0.3) is 0 Å². The van der Waals surface area contributed by atoms with E-state index in [2.05, 4.69) is 22.8 Å². The molecule has 1 aromatic heterocycles. The molecule has 0 fully saturated rings. The van der Waals surface area contributed by atoms with Crippen molar-refractivity contribution in [3.8, 4) is 0 Å². The van der Waals surface area contributed by atoms with Crippen molar-refractivity contribution in [3.05, 3.63) is 34.5 Å². The Morgan fingerprint density at radius 2 is 2.21 bits per heavy atom. The van der Waals surface area contributed by atoms with Gasteiger partial charge in [-0.05, 0) is 23.1 Å². The Balaban J connectivity index is 2.47. The van der Waals surface area contributed by atoms with E-state index in [0.717, 1.165) is 0 Å². The van der Waals surface area contributed by atoms with Crippen LogP contribution in [-0.4, -0.2) is 6.41 Å². The van der Waals surface area contributed by atoms with Crippen molar-refractivity contribution >= 4 is 28.5 Å². The molecule has 0 aliphatic rings. The zero-order valence-corrected chi connectivity index (χ0v) is 8.60. The molecule has 71 valence electrons. The first-order chi connectivity index (χ1) is 6.83. The van der Waals surface area contributed by atoms with Crippen LogP contribution >= 0.6 is 11.3 Å². The largest absolute Gasteiger partial charge is 0.340 e. The van der Waals surface area contributed by atoms with Crippen molar-refractivity contribution in [1.29, 1.82) is 0 Å². The van der Waals surface area contributed by atoms with E-state index < -0.39 is 0 Å². The number of thiophene rings is 1. The minimum absolute atomic E-state index is 0.0393. The lowest BCUT2D eigenvalue weighted by Crippen LogP contribution is -2.14. The standard InChI is InChI=1S/C11H10NOS/c1-8(12-7-13)11-10-5-3-2-4-9(10)6-14-11/h2-6,8H,1H3,(H,12,13). The van der Waals surface area contributed by atoms with Gasteiger partial charge in [-0.1, -0.05) is 24.3 Å². The summed E-state index contributed by atoms with van der Waals surface area (Å²) >= 11 is 1.67. The number of benzene rings is 1. The highest BCUT2D eigenvalue weighted by Gasteiger charge is 2.10. The van der Waals surface area contributed by atoms with Gasteiger partial charge in [-0.15, -0.1) is 11.3 Å². The van der Waals surface area contributed by atoms with Crippen LogP contribution in [0, 0.1) is 0 Å². The van der Waals surface area contributed by atoms with Crippen LogP contribution in [0.5, 0.6) is 0 Å². The SMILES string of the molecule is CC(N[C]=O)c1scc2ccccc12. The highest BCUT2D eigenvalue weighted by molar-refractivity contribution is 7.11. The molecule has 1 heterocycles. The Bertz CT molecular complexity index is 449. The number of amides is 1. The van der Waals surface area contributed by atoms with E-state index in [9.17, 15) is 4.79 Å². The average Bonchev–Trinajstić information content (AvgIpc) is 2.61. The van der Waals surface area contributed by atoms with E-state index in [1.165, 1.54) is 15.6 Å². The number of rotatable bonds is 3. The Labute approximate surface area is 86.6 Å². The Kier molecular flexibility index (Phi) is 2.50. The fraction of sp³-hybridized carbons (Fsp3) is 0.182. The first-order valence-corrected chi connectivity index (χ1v) is 5.29. The zero-order valence-electron chi connectivity index (χ0n) is 7.78. The summed E-state index contributed by atoms with van der Waals surface area (Å²) in [6.45, 7) is 1.96. The number of nitrogens with one attached hydrogen (secondary N) is 1. The van der Waals surface area contributed by atoms with E-state index in [1.807, 2.05) is 19.1 Å². The highest BCUT2D eigenvalue weighted by Crippen LogP contribution is 2.30. The molecule has 1 amide bonds. The third-order valence-electron chi connectivity index (χ3n) is 2.21. The molecule has 0 saturated heterocycles. The molecule has 14 heavy (non-hydrogen) atoms. The lowest BCUT2D eigenvalue weighted by atomic mass is 10.1. The Hall–Kier alpha value is -1.35. The molecule has 2 rings (SSSR count). The summed E-state index contributed by atoms with van der Waals surface area (Å²) in [7, 11) is 0. The minimum Gasteiger partial charge on any atom is -0.340 e. The second-order valence-corrected chi connectivity index (χ2v) is 4.07. The van der Waals surface area contributed by atoms with Crippen molar-refractivity contribution in [2.24, 2.45) is 0 Å². The second kappa shape index (κ2) is 3.80. The minimum atomic E-state index is 0.0393.